The number of halogens is 1. The zero-order valence-corrected chi connectivity index (χ0v) is 13.6. The van der Waals surface area contributed by atoms with Crippen LogP contribution in [-0.4, -0.2) is 17.5 Å². The summed E-state index contributed by atoms with van der Waals surface area (Å²) in [4.78, 5) is 17.3. The van der Waals surface area contributed by atoms with E-state index in [9.17, 15) is 9.18 Å². The maximum Gasteiger partial charge on any atom is 0.258 e. The second kappa shape index (κ2) is 7.70. The first-order valence-electron chi connectivity index (χ1n) is 7.34. The van der Waals surface area contributed by atoms with Gasteiger partial charge in [-0.2, -0.15) is 0 Å². The molecule has 3 rings (SSSR count). The summed E-state index contributed by atoms with van der Waals surface area (Å²) in [6.45, 7) is 0.279. The highest BCUT2D eigenvalue weighted by atomic mass is 32.1. The van der Waals surface area contributed by atoms with Gasteiger partial charge in [0, 0.05) is 12.7 Å². The normalized spacial score (nSPS) is 10.4. The average Bonchev–Trinajstić information content (AvgIpc) is 3.14. The minimum Gasteiger partial charge on any atom is -0.484 e. The Balaban J connectivity index is 1.51. The van der Waals surface area contributed by atoms with E-state index in [1.54, 1.807) is 17.5 Å². The van der Waals surface area contributed by atoms with E-state index in [0.29, 0.717) is 12.3 Å². The standard InChI is InChI=1S/C18H15FN2O2S/c19-14-3-5-15(6-4-14)23-12-18(22)21-11-13-7-8-20-16(10-13)17-2-1-9-24-17/h1-10H,11-12H2,(H,21,22). The summed E-state index contributed by atoms with van der Waals surface area (Å²) in [5.74, 6) is -0.129. The van der Waals surface area contributed by atoms with Gasteiger partial charge in [0.1, 0.15) is 11.6 Å². The predicted octanol–water partition coefficient (Wildman–Crippen LogP) is 3.64. The molecule has 0 aliphatic rings. The lowest BCUT2D eigenvalue weighted by Crippen LogP contribution is -2.28. The van der Waals surface area contributed by atoms with Gasteiger partial charge in [-0.05, 0) is 53.4 Å². The van der Waals surface area contributed by atoms with Crippen LogP contribution in [0.2, 0.25) is 0 Å². The molecule has 2 aromatic heterocycles. The number of hydrogen-bond acceptors (Lipinski definition) is 4. The van der Waals surface area contributed by atoms with Crippen molar-refractivity contribution in [1.82, 2.24) is 10.3 Å². The lowest BCUT2D eigenvalue weighted by molar-refractivity contribution is -0.123. The van der Waals surface area contributed by atoms with Crippen LogP contribution in [0, 0.1) is 5.82 Å². The number of amides is 1. The van der Waals surface area contributed by atoms with Crippen molar-refractivity contribution in [2.24, 2.45) is 0 Å². The number of aromatic nitrogens is 1. The van der Waals surface area contributed by atoms with E-state index in [-0.39, 0.29) is 18.3 Å². The molecule has 2 heterocycles. The van der Waals surface area contributed by atoms with E-state index in [1.807, 2.05) is 29.6 Å². The van der Waals surface area contributed by atoms with Crippen molar-refractivity contribution in [3.05, 3.63) is 71.5 Å². The molecular weight excluding hydrogens is 327 g/mol. The summed E-state index contributed by atoms with van der Waals surface area (Å²) < 4.78 is 18.1. The Bertz CT molecular complexity index is 804. The van der Waals surface area contributed by atoms with Gasteiger partial charge in [-0.3, -0.25) is 9.78 Å². The fourth-order valence-corrected chi connectivity index (χ4v) is 2.77. The number of ether oxygens (including phenoxy) is 1. The fraction of sp³-hybridized carbons (Fsp3) is 0.111. The van der Waals surface area contributed by atoms with Gasteiger partial charge < -0.3 is 10.1 Å². The van der Waals surface area contributed by atoms with Crippen molar-refractivity contribution in [3.63, 3.8) is 0 Å². The van der Waals surface area contributed by atoms with E-state index in [2.05, 4.69) is 10.3 Å². The first-order chi connectivity index (χ1) is 11.7. The highest BCUT2D eigenvalue weighted by molar-refractivity contribution is 7.13. The molecule has 122 valence electrons. The molecule has 0 saturated heterocycles. The maximum absolute atomic E-state index is 12.8. The molecule has 0 bridgehead atoms. The maximum atomic E-state index is 12.8. The largest absolute Gasteiger partial charge is 0.484 e. The van der Waals surface area contributed by atoms with Crippen LogP contribution in [0.25, 0.3) is 10.6 Å². The van der Waals surface area contributed by atoms with E-state index in [0.717, 1.165) is 16.1 Å². The monoisotopic (exact) mass is 342 g/mol. The number of thiophene rings is 1. The van der Waals surface area contributed by atoms with Crippen molar-refractivity contribution < 1.29 is 13.9 Å². The quantitative estimate of drug-likeness (QED) is 0.744. The third-order valence-electron chi connectivity index (χ3n) is 3.27. The molecule has 0 atom stereocenters. The molecule has 0 spiro atoms. The average molecular weight is 342 g/mol. The van der Waals surface area contributed by atoms with Crippen LogP contribution in [0.5, 0.6) is 5.75 Å². The lowest BCUT2D eigenvalue weighted by atomic mass is 10.2. The summed E-state index contributed by atoms with van der Waals surface area (Å²) in [5, 5.41) is 4.79. The van der Waals surface area contributed by atoms with Crippen LogP contribution < -0.4 is 10.1 Å². The van der Waals surface area contributed by atoms with Gasteiger partial charge in [0.05, 0.1) is 10.6 Å². The van der Waals surface area contributed by atoms with E-state index < -0.39 is 0 Å². The molecule has 0 aliphatic carbocycles. The number of benzene rings is 1. The zero-order chi connectivity index (χ0) is 16.8. The zero-order valence-electron chi connectivity index (χ0n) is 12.7. The first-order valence-corrected chi connectivity index (χ1v) is 8.22. The van der Waals surface area contributed by atoms with Gasteiger partial charge in [0.25, 0.3) is 5.91 Å². The number of rotatable bonds is 6. The Labute approximate surface area is 142 Å². The van der Waals surface area contributed by atoms with Crippen molar-refractivity contribution in [2.45, 2.75) is 6.54 Å². The van der Waals surface area contributed by atoms with Gasteiger partial charge in [-0.25, -0.2) is 4.39 Å². The summed E-state index contributed by atoms with van der Waals surface area (Å²) >= 11 is 1.62. The smallest absolute Gasteiger partial charge is 0.258 e. The Hall–Kier alpha value is -2.73. The van der Waals surface area contributed by atoms with Crippen LogP contribution in [0.3, 0.4) is 0 Å². The number of pyridine rings is 1. The summed E-state index contributed by atoms with van der Waals surface area (Å²) in [6, 6.07) is 13.3. The molecule has 1 aromatic carbocycles. The SMILES string of the molecule is O=C(COc1ccc(F)cc1)NCc1ccnc(-c2cccs2)c1. The summed E-state index contributed by atoms with van der Waals surface area (Å²) in [6.07, 6.45) is 1.73. The minimum absolute atomic E-state index is 0.117. The third-order valence-corrected chi connectivity index (χ3v) is 4.16. The van der Waals surface area contributed by atoms with Gasteiger partial charge in [0.15, 0.2) is 6.61 Å². The second-order valence-electron chi connectivity index (χ2n) is 5.05. The van der Waals surface area contributed by atoms with Gasteiger partial charge in [-0.15, -0.1) is 11.3 Å². The van der Waals surface area contributed by atoms with E-state index in [1.165, 1.54) is 24.3 Å². The molecule has 0 fully saturated rings. The third kappa shape index (κ3) is 4.39. The van der Waals surface area contributed by atoms with Gasteiger partial charge in [-0.1, -0.05) is 6.07 Å². The van der Waals surface area contributed by atoms with Crippen LogP contribution >= 0.6 is 11.3 Å². The Kier molecular flexibility index (Phi) is 5.18. The highest BCUT2D eigenvalue weighted by Crippen LogP contribution is 2.22. The topological polar surface area (TPSA) is 51.2 Å². The molecule has 3 aromatic rings. The van der Waals surface area contributed by atoms with Crippen molar-refractivity contribution >= 4 is 17.2 Å². The number of hydrogen-bond donors (Lipinski definition) is 1. The summed E-state index contributed by atoms with van der Waals surface area (Å²) in [5.41, 5.74) is 1.85. The lowest BCUT2D eigenvalue weighted by Gasteiger charge is -2.08. The first kappa shape index (κ1) is 16.1. The molecule has 0 aliphatic heterocycles. The second-order valence-corrected chi connectivity index (χ2v) is 5.99. The van der Waals surface area contributed by atoms with Crippen LogP contribution in [0.15, 0.2) is 60.1 Å². The number of carbonyl (C=O) groups is 1. The van der Waals surface area contributed by atoms with Gasteiger partial charge in [0.2, 0.25) is 0 Å². The van der Waals surface area contributed by atoms with Crippen LogP contribution in [0.4, 0.5) is 4.39 Å². The number of carbonyl (C=O) groups excluding carboxylic acids is 1. The fourth-order valence-electron chi connectivity index (χ4n) is 2.07. The molecule has 1 N–H and O–H groups in total. The Morgan fingerprint density at radius 2 is 2.04 bits per heavy atom. The number of nitrogens with one attached hydrogen (secondary N) is 1. The van der Waals surface area contributed by atoms with Crippen LogP contribution in [0.1, 0.15) is 5.56 Å². The predicted molar refractivity (Wildman–Crippen MR) is 91.3 cm³/mol. The molecule has 4 nitrogen and oxygen atoms in total. The van der Waals surface area contributed by atoms with Gasteiger partial charge >= 0.3 is 0 Å². The van der Waals surface area contributed by atoms with Crippen molar-refractivity contribution in [2.75, 3.05) is 6.61 Å². The van der Waals surface area contributed by atoms with Crippen LogP contribution in [-0.2, 0) is 11.3 Å². The molecule has 6 heteroatoms. The Morgan fingerprint density at radius 1 is 1.21 bits per heavy atom. The molecule has 0 radical (unpaired) electrons. The molecule has 1 amide bonds. The molecule has 0 saturated carbocycles. The highest BCUT2D eigenvalue weighted by Gasteiger charge is 2.05. The van der Waals surface area contributed by atoms with Crippen molar-refractivity contribution in [1.29, 1.82) is 0 Å². The minimum atomic E-state index is -0.342. The molecule has 24 heavy (non-hydrogen) atoms. The molecule has 0 unspecified atom stereocenters. The molecular formula is C18H15FN2O2S. The summed E-state index contributed by atoms with van der Waals surface area (Å²) in [7, 11) is 0. The van der Waals surface area contributed by atoms with E-state index >= 15 is 0 Å². The Morgan fingerprint density at radius 3 is 2.79 bits per heavy atom. The van der Waals surface area contributed by atoms with E-state index in [4.69, 9.17) is 4.74 Å². The van der Waals surface area contributed by atoms with Crippen molar-refractivity contribution in [3.8, 4) is 16.3 Å². The number of nitrogens with zero attached hydrogens (tertiary/aromatic N) is 1.